The van der Waals surface area contributed by atoms with Gasteiger partial charge in [-0.15, -0.1) is 0 Å². The van der Waals surface area contributed by atoms with E-state index in [1.165, 1.54) is 0 Å². The molecule has 1 N–H and O–H groups in total. The average molecular weight is 333 g/mol. The third-order valence-corrected chi connectivity index (χ3v) is 4.73. The summed E-state index contributed by atoms with van der Waals surface area (Å²) < 4.78 is 5.57. The lowest BCUT2D eigenvalue weighted by Crippen LogP contribution is -2.58. The maximum absolute atomic E-state index is 12.0. The van der Waals surface area contributed by atoms with Gasteiger partial charge < -0.3 is 15.0 Å². The molecule has 0 atom stereocenters. The number of nitrogens with zero attached hydrogens (tertiary/aromatic N) is 2. The van der Waals surface area contributed by atoms with Gasteiger partial charge >= 0.3 is 0 Å². The minimum atomic E-state index is -0.0181. The molecule has 1 aromatic carbocycles. The van der Waals surface area contributed by atoms with Gasteiger partial charge in [-0.25, -0.2) is 0 Å². The van der Waals surface area contributed by atoms with Gasteiger partial charge in [0.15, 0.2) is 0 Å². The van der Waals surface area contributed by atoms with Crippen molar-refractivity contribution in [3.63, 3.8) is 0 Å². The molecule has 1 saturated heterocycles. The van der Waals surface area contributed by atoms with Gasteiger partial charge in [-0.2, -0.15) is 0 Å². The quantitative estimate of drug-likeness (QED) is 0.790. The van der Waals surface area contributed by atoms with Crippen molar-refractivity contribution in [3.8, 4) is 5.75 Å². The first kappa shape index (κ1) is 18.7. The molecular formula is C19H31N3O2. The highest BCUT2D eigenvalue weighted by Gasteiger charge is 2.29. The maximum atomic E-state index is 12.0. The lowest BCUT2D eigenvalue weighted by atomic mass is 10.0. The number of hydrogen-bond acceptors (Lipinski definition) is 4. The first-order chi connectivity index (χ1) is 11.5. The molecule has 0 bridgehead atoms. The van der Waals surface area contributed by atoms with Crippen molar-refractivity contribution in [1.82, 2.24) is 15.1 Å². The van der Waals surface area contributed by atoms with Gasteiger partial charge in [0.1, 0.15) is 5.75 Å². The summed E-state index contributed by atoms with van der Waals surface area (Å²) in [4.78, 5) is 17.0. The maximum Gasteiger partial charge on any atom is 0.223 e. The molecule has 0 saturated carbocycles. The van der Waals surface area contributed by atoms with Crippen molar-refractivity contribution < 1.29 is 9.53 Å². The van der Waals surface area contributed by atoms with Crippen LogP contribution < -0.4 is 10.1 Å². The Morgan fingerprint density at radius 1 is 1.17 bits per heavy atom. The zero-order valence-corrected chi connectivity index (χ0v) is 15.3. The van der Waals surface area contributed by atoms with Crippen molar-refractivity contribution in [2.24, 2.45) is 0 Å². The lowest BCUT2D eigenvalue weighted by molar-refractivity contribution is -0.122. The van der Waals surface area contributed by atoms with Crippen LogP contribution in [-0.4, -0.2) is 67.1 Å². The summed E-state index contributed by atoms with van der Waals surface area (Å²) in [6.45, 7) is 13.2. The highest BCUT2D eigenvalue weighted by atomic mass is 16.5. The van der Waals surface area contributed by atoms with Gasteiger partial charge in [0.25, 0.3) is 0 Å². The van der Waals surface area contributed by atoms with E-state index in [0.717, 1.165) is 38.5 Å². The molecule has 5 nitrogen and oxygen atoms in total. The summed E-state index contributed by atoms with van der Waals surface area (Å²) in [6, 6.07) is 9.60. The van der Waals surface area contributed by atoms with Crippen molar-refractivity contribution in [1.29, 1.82) is 0 Å². The van der Waals surface area contributed by atoms with Gasteiger partial charge in [0.05, 0.1) is 13.0 Å². The Balaban J connectivity index is 1.66. The summed E-state index contributed by atoms with van der Waals surface area (Å²) in [5.41, 5.74) is -0.0181. The number of benzene rings is 1. The van der Waals surface area contributed by atoms with Crippen LogP contribution in [0.1, 0.15) is 27.2 Å². The molecule has 1 fully saturated rings. The average Bonchev–Trinajstić information content (AvgIpc) is 2.61. The number of piperazine rings is 1. The Bertz CT molecular complexity index is 497. The van der Waals surface area contributed by atoms with Gasteiger partial charge in [-0.3, -0.25) is 9.69 Å². The summed E-state index contributed by atoms with van der Waals surface area (Å²) in [5, 5.41) is 3.06. The lowest BCUT2D eigenvalue weighted by Gasteiger charge is -2.44. The molecule has 0 spiro atoms. The standard InChI is InChI=1S/C19H31N3O2/c1-4-21-11-13-22(14-12-21)19(2,3)16-20-18(23)10-15-24-17-8-6-5-7-9-17/h5-9H,4,10-16H2,1-3H3,(H,20,23). The third-order valence-electron chi connectivity index (χ3n) is 4.73. The highest BCUT2D eigenvalue weighted by Crippen LogP contribution is 2.16. The molecule has 1 aliphatic heterocycles. The number of hydrogen-bond donors (Lipinski definition) is 1. The smallest absolute Gasteiger partial charge is 0.223 e. The second-order valence-corrected chi connectivity index (χ2v) is 6.92. The third kappa shape index (κ3) is 5.80. The Morgan fingerprint density at radius 2 is 1.83 bits per heavy atom. The number of rotatable bonds is 8. The molecule has 1 heterocycles. The van der Waals surface area contributed by atoms with Crippen molar-refractivity contribution in [2.75, 3.05) is 45.9 Å². The molecule has 0 aromatic heterocycles. The predicted octanol–water partition coefficient (Wildman–Crippen LogP) is 1.99. The molecule has 134 valence electrons. The topological polar surface area (TPSA) is 44.8 Å². The first-order valence-electron chi connectivity index (χ1n) is 8.93. The second-order valence-electron chi connectivity index (χ2n) is 6.92. The number of carbonyl (C=O) groups excluding carboxylic acids is 1. The van der Waals surface area contributed by atoms with Crippen LogP contribution in [0.3, 0.4) is 0 Å². The number of nitrogens with one attached hydrogen (secondary N) is 1. The van der Waals surface area contributed by atoms with Gasteiger partial charge in [-0.05, 0) is 32.5 Å². The molecule has 0 unspecified atom stereocenters. The fourth-order valence-electron chi connectivity index (χ4n) is 2.96. The van der Waals surface area contributed by atoms with E-state index in [1.807, 2.05) is 30.3 Å². The van der Waals surface area contributed by atoms with E-state index < -0.39 is 0 Å². The van der Waals surface area contributed by atoms with Crippen LogP contribution in [0.25, 0.3) is 0 Å². The highest BCUT2D eigenvalue weighted by molar-refractivity contribution is 5.76. The first-order valence-corrected chi connectivity index (χ1v) is 8.93. The molecule has 0 radical (unpaired) electrons. The Morgan fingerprint density at radius 3 is 2.46 bits per heavy atom. The molecule has 0 aliphatic carbocycles. The fourth-order valence-corrected chi connectivity index (χ4v) is 2.96. The van der Waals surface area contributed by atoms with E-state index in [2.05, 4.69) is 35.9 Å². The van der Waals surface area contributed by atoms with Crippen molar-refractivity contribution >= 4 is 5.91 Å². The van der Waals surface area contributed by atoms with Crippen LogP contribution in [0.2, 0.25) is 0 Å². The van der Waals surface area contributed by atoms with Gasteiger partial charge in [-0.1, -0.05) is 25.1 Å². The molecular weight excluding hydrogens is 302 g/mol. The summed E-state index contributed by atoms with van der Waals surface area (Å²) in [5.74, 6) is 0.852. The van der Waals surface area contributed by atoms with E-state index in [-0.39, 0.29) is 11.4 Å². The SMILES string of the molecule is CCN1CCN(C(C)(C)CNC(=O)CCOc2ccccc2)CC1. The van der Waals surface area contributed by atoms with Gasteiger partial charge in [0.2, 0.25) is 5.91 Å². The minimum absolute atomic E-state index is 0.0181. The van der Waals surface area contributed by atoms with Crippen LogP contribution in [-0.2, 0) is 4.79 Å². The van der Waals surface area contributed by atoms with Crippen LogP contribution in [0.4, 0.5) is 0 Å². The van der Waals surface area contributed by atoms with Crippen molar-refractivity contribution in [3.05, 3.63) is 30.3 Å². The number of ether oxygens (including phenoxy) is 1. The summed E-state index contributed by atoms with van der Waals surface area (Å²) in [7, 11) is 0. The molecule has 1 aromatic rings. The molecule has 1 aliphatic rings. The van der Waals surface area contributed by atoms with E-state index in [0.29, 0.717) is 19.6 Å². The molecule has 2 rings (SSSR count). The monoisotopic (exact) mass is 333 g/mol. The van der Waals surface area contributed by atoms with Gasteiger partial charge in [0, 0.05) is 38.3 Å². The second kappa shape index (κ2) is 9.04. The zero-order chi connectivity index (χ0) is 17.4. The van der Waals surface area contributed by atoms with E-state index in [9.17, 15) is 4.79 Å². The minimum Gasteiger partial charge on any atom is -0.493 e. The molecule has 5 heteroatoms. The molecule has 24 heavy (non-hydrogen) atoms. The largest absolute Gasteiger partial charge is 0.493 e. The molecule has 1 amide bonds. The number of likely N-dealkylation sites (N-methyl/N-ethyl adjacent to an activating group) is 1. The van der Waals surface area contributed by atoms with E-state index >= 15 is 0 Å². The van der Waals surface area contributed by atoms with Crippen LogP contribution in [0.15, 0.2) is 30.3 Å². The number of carbonyl (C=O) groups is 1. The number of para-hydroxylation sites is 1. The zero-order valence-electron chi connectivity index (χ0n) is 15.3. The Labute approximate surface area is 146 Å². The number of amides is 1. The van der Waals surface area contributed by atoms with E-state index in [4.69, 9.17) is 4.74 Å². The summed E-state index contributed by atoms with van der Waals surface area (Å²) >= 11 is 0. The Hall–Kier alpha value is -1.59. The normalized spacial score (nSPS) is 16.8. The van der Waals surface area contributed by atoms with Crippen LogP contribution in [0.5, 0.6) is 5.75 Å². The fraction of sp³-hybridized carbons (Fsp3) is 0.632. The van der Waals surface area contributed by atoms with Crippen LogP contribution in [0, 0.1) is 0 Å². The van der Waals surface area contributed by atoms with E-state index in [1.54, 1.807) is 0 Å². The predicted molar refractivity (Wildman–Crippen MR) is 97.3 cm³/mol. The van der Waals surface area contributed by atoms with Crippen molar-refractivity contribution in [2.45, 2.75) is 32.7 Å². The van der Waals surface area contributed by atoms with Crippen LogP contribution >= 0.6 is 0 Å². The summed E-state index contributed by atoms with van der Waals surface area (Å²) in [6.07, 6.45) is 0.384. The Kier molecular flexibility index (Phi) is 7.06.